The van der Waals surface area contributed by atoms with Crippen LogP contribution in [-0.2, 0) is 19.1 Å². The second kappa shape index (κ2) is 10.5. The van der Waals surface area contributed by atoms with Gasteiger partial charge in [-0.05, 0) is 43.2 Å². The average molecular weight is 478 g/mol. The van der Waals surface area contributed by atoms with Crippen molar-refractivity contribution in [2.45, 2.75) is 26.7 Å². The number of carbonyl (C=O) groups excluding carboxylic acids is 3. The number of halogens is 1. The molecule has 2 rings (SSSR count). The monoisotopic (exact) mass is 477 g/mol. The summed E-state index contributed by atoms with van der Waals surface area (Å²) in [5, 5.41) is 15.9. The molecule has 0 aliphatic rings. The van der Waals surface area contributed by atoms with Crippen LogP contribution >= 0.6 is 15.9 Å². The van der Waals surface area contributed by atoms with Gasteiger partial charge < -0.3 is 15.4 Å². The van der Waals surface area contributed by atoms with Gasteiger partial charge in [0.1, 0.15) is 0 Å². The third-order valence-corrected chi connectivity index (χ3v) is 5.23. The van der Waals surface area contributed by atoms with Gasteiger partial charge in [0.15, 0.2) is 6.61 Å². The number of anilines is 2. The highest BCUT2D eigenvalue weighted by Gasteiger charge is 2.13. The zero-order chi connectivity index (χ0) is 22.3. The number of rotatable bonds is 8. The highest BCUT2D eigenvalue weighted by atomic mass is 79.9. The first-order chi connectivity index (χ1) is 14.2. The third-order valence-electron chi connectivity index (χ3n) is 3.98. The average Bonchev–Trinajstić information content (AvgIpc) is 2.69. The van der Waals surface area contributed by atoms with Crippen molar-refractivity contribution in [1.29, 1.82) is 0 Å². The number of benzene rings is 2. The van der Waals surface area contributed by atoms with E-state index in [-0.39, 0.29) is 24.2 Å². The zero-order valence-corrected chi connectivity index (χ0v) is 17.9. The van der Waals surface area contributed by atoms with Crippen molar-refractivity contribution >= 4 is 50.8 Å². The first kappa shape index (κ1) is 23.0. The van der Waals surface area contributed by atoms with E-state index in [2.05, 4.69) is 26.6 Å². The van der Waals surface area contributed by atoms with Crippen LogP contribution in [0, 0.1) is 24.0 Å². The fourth-order valence-electron chi connectivity index (χ4n) is 2.57. The summed E-state index contributed by atoms with van der Waals surface area (Å²) in [7, 11) is 0. The van der Waals surface area contributed by atoms with E-state index in [0.717, 1.165) is 15.6 Å². The van der Waals surface area contributed by atoms with E-state index in [1.54, 1.807) is 12.1 Å². The lowest BCUT2D eigenvalue weighted by molar-refractivity contribution is -0.384. The Morgan fingerprint density at radius 3 is 2.27 bits per heavy atom. The summed E-state index contributed by atoms with van der Waals surface area (Å²) in [4.78, 5) is 45.8. The lowest BCUT2D eigenvalue weighted by Crippen LogP contribution is -2.22. The molecule has 0 heterocycles. The summed E-state index contributed by atoms with van der Waals surface area (Å²) >= 11 is 3.44. The molecule has 0 bridgehead atoms. The summed E-state index contributed by atoms with van der Waals surface area (Å²) in [5.74, 6) is -1.70. The molecule has 0 unspecified atom stereocenters. The number of nitro groups is 1. The van der Waals surface area contributed by atoms with E-state index in [4.69, 9.17) is 4.74 Å². The molecule has 0 aliphatic carbocycles. The van der Waals surface area contributed by atoms with Crippen LogP contribution in [0.4, 0.5) is 17.1 Å². The topological polar surface area (TPSA) is 128 Å². The van der Waals surface area contributed by atoms with Gasteiger partial charge in [0.05, 0.1) is 11.3 Å². The van der Waals surface area contributed by atoms with E-state index < -0.39 is 29.3 Å². The molecule has 2 aromatic carbocycles. The summed E-state index contributed by atoms with van der Waals surface area (Å²) in [6.45, 7) is 3.32. The Hall–Kier alpha value is -3.27. The van der Waals surface area contributed by atoms with Crippen LogP contribution in [0.15, 0.2) is 40.9 Å². The number of nitrogens with zero attached hydrogens (tertiary/aromatic N) is 1. The molecule has 0 atom stereocenters. The second-order valence-electron chi connectivity index (χ2n) is 6.49. The van der Waals surface area contributed by atoms with Crippen LogP contribution in [0.1, 0.15) is 24.0 Å². The van der Waals surface area contributed by atoms with Gasteiger partial charge in [0.25, 0.3) is 11.6 Å². The second-order valence-corrected chi connectivity index (χ2v) is 7.28. The summed E-state index contributed by atoms with van der Waals surface area (Å²) in [6, 6.07) is 9.03. The van der Waals surface area contributed by atoms with Gasteiger partial charge in [-0.15, -0.1) is 0 Å². The van der Waals surface area contributed by atoms with Crippen molar-refractivity contribution in [2.24, 2.45) is 0 Å². The lowest BCUT2D eigenvalue weighted by atomic mass is 10.1. The third kappa shape index (κ3) is 6.96. The maximum atomic E-state index is 12.0. The van der Waals surface area contributed by atoms with Crippen LogP contribution in [-0.4, -0.2) is 29.3 Å². The summed E-state index contributed by atoms with van der Waals surface area (Å²) in [6.07, 6.45) is -0.418. The smallest absolute Gasteiger partial charge is 0.306 e. The molecule has 2 aromatic rings. The Morgan fingerprint density at radius 1 is 1.00 bits per heavy atom. The molecule has 9 nitrogen and oxygen atoms in total. The minimum absolute atomic E-state index is 0.158. The standard InChI is InChI=1S/C20H20BrN3O6/c1-12-8-15(9-13(2)20(12)21)23-18(26)11-30-19(27)7-6-17(25)22-14-4-3-5-16(10-14)24(28)29/h3-5,8-10H,6-7,11H2,1-2H3,(H,22,25)(H,23,26). The number of amides is 2. The van der Waals surface area contributed by atoms with Crippen molar-refractivity contribution in [2.75, 3.05) is 17.2 Å². The van der Waals surface area contributed by atoms with Crippen LogP contribution < -0.4 is 10.6 Å². The summed E-state index contributed by atoms with van der Waals surface area (Å²) < 4.78 is 5.84. The number of ether oxygens (including phenoxy) is 1. The van der Waals surface area contributed by atoms with Gasteiger partial charge in [-0.3, -0.25) is 24.5 Å². The molecule has 0 aliphatic heterocycles. The summed E-state index contributed by atoms with van der Waals surface area (Å²) in [5.41, 5.74) is 2.59. The number of nitro benzene ring substituents is 1. The normalized spacial score (nSPS) is 10.2. The van der Waals surface area contributed by atoms with Crippen LogP contribution in [0.25, 0.3) is 0 Å². The fraction of sp³-hybridized carbons (Fsp3) is 0.250. The van der Waals surface area contributed by atoms with Crippen LogP contribution in [0.5, 0.6) is 0 Å². The van der Waals surface area contributed by atoms with E-state index >= 15 is 0 Å². The molecule has 30 heavy (non-hydrogen) atoms. The van der Waals surface area contributed by atoms with Crippen molar-refractivity contribution < 1.29 is 24.0 Å². The van der Waals surface area contributed by atoms with E-state index in [9.17, 15) is 24.5 Å². The maximum Gasteiger partial charge on any atom is 0.306 e. The molecule has 0 fully saturated rings. The number of aryl methyl sites for hydroxylation is 2. The van der Waals surface area contributed by atoms with Gasteiger partial charge in [-0.1, -0.05) is 22.0 Å². The molecule has 10 heteroatoms. The van der Waals surface area contributed by atoms with Crippen LogP contribution in [0.2, 0.25) is 0 Å². The van der Waals surface area contributed by atoms with E-state index in [1.165, 1.54) is 24.3 Å². The molecule has 2 N–H and O–H groups in total. The van der Waals surface area contributed by atoms with Crippen LogP contribution in [0.3, 0.4) is 0 Å². The molecule has 0 spiro atoms. The van der Waals surface area contributed by atoms with Gasteiger partial charge in [0, 0.05) is 34.4 Å². The molecule has 0 aromatic heterocycles. The largest absolute Gasteiger partial charge is 0.456 e. The number of carbonyl (C=O) groups is 3. The number of hydrogen-bond acceptors (Lipinski definition) is 6. The van der Waals surface area contributed by atoms with Crippen molar-refractivity contribution in [3.05, 3.63) is 62.1 Å². The maximum absolute atomic E-state index is 12.0. The molecule has 0 radical (unpaired) electrons. The minimum Gasteiger partial charge on any atom is -0.456 e. The van der Waals surface area contributed by atoms with Gasteiger partial charge in [0.2, 0.25) is 5.91 Å². The predicted molar refractivity (Wildman–Crippen MR) is 114 cm³/mol. The van der Waals surface area contributed by atoms with Crippen molar-refractivity contribution in [3.63, 3.8) is 0 Å². The minimum atomic E-state index is -0.706. The molecule has 158 valence electrons. The number of non-ortho nitro benzene ring substituents is 1. The zero-order valence-electron chi connectivity index (χ0n) is 16.4. The Balaban J connectivity index is 1.75. The molecular weight excluding hydrogens is 458 g/mol. The Bertz CT molecular complexity index is 969. The molecular formula is C20H20BrN3O6. The Kier molecular flexibility index (Phi) is 8.05. The molecule has 2 amide bonds. The number of esters is 1. The highest BCUT2D eigenvalue weighted by Crippen LogP contribution is 2.25. The highest BCUT2D eigenvalue weighted by molar-refractivity contribution is 9.10. The Labute approximate surface area is 181 Å². The van der Waals surface area contributed by atoms with E-state index in [1.807, 2.05) is 13.8 Å². The van der Waals surface area contributed by atoms with Crippen molar-refractivity contribution in [3.8, 4) is 0 Å². The Morgan fingerprint density at radius 2 is 1.63 bits per heavy atom. The number of nitrogens with one attached hydrogen (secondary N) is 2. The van der Waals surface area contributed by atoms with Gasteiger partial charge in [-0.2, -0.15) is 0 Å². The molecule has 0 saturated heterocycles. The molecule has 0 saturated carbocycles. The van der Waals surface area contributed by atoms with E-state index in [0.29, 0.717) is 5.69 Å². The van der Waals surface area contributed by atoms with Crippen molar-refractivity contribution in [1.82, 2.24) is 0 Å². The SMILES string of the molecule is Cc1cc(NC(=O)COC(=O)CCC(=O)Nc2cccc([N+](=O)[O-])c2)cc(C)c1Br. The lowest BCUT2D eigenvalue weighted by Gasteiger charge is -2.10. The van der Waals surface area contributed by atoms with Gasteiger partial charge in [-0.25, -0.2) is 0 Å². The van der Waals surface area contributed by atoms with Gasteiger partial charge >= 0.3 is 5.97 Å². The fourth-order valence-corrected chi connectivity index (χ4v) is 2.80. The quantitative estimate of drug-likeness (QED) is 0.337. The first-order valence-corrected chi connectivity index (χ1v) is 9.71. The predicted octanol–water partition coefficient (Wildman–Crippen LogP) is 3.87. The number of hydrogen-bond donors (Lipinski definition) is 2. The first-order valence-electron chi connectivity index (χ1n) is 8.92.